The maximum Gasteiger partial charge on any atom is 0.242 e. The Morgan fingerprint density at radius 2 is 1.81 bits per heavy atom. The third-order valence-corrected chi connectivity index (χ3v) is 4.07. The smallest absolute Gasteiger partial charge is 0.242 e. The lowest BCUT2D eigenvalue weighted by Crippen LogP contribution is -2.37. The van der Waals surface area contributed by atoms with E-state index < -0.39 is 0 Å². The maximum absolute atomic E-state index is 12.0. The van der Waals surface area contributed by atoms with E-state index in [-0.39, 0.29) is 11.9 Å². The molecule has 4 nitrogen and oxygen atoms in total. The molecule has 0 radical (unpaired) electrons. The molecule has 1 atom stereocenters. The molecule has 1 fully saturated rings. The summed E-state index contributed by atoms with van der Waals surface area (Å²) in [5, 5.41) is 6.05. The van der Waals surface area contributed by atoms with Crippen molar-refractivity contribution in [2.24, 2.45) is 0 Å². The SMILES string of the molecule is O=C(Nc1ccc(Oc2ccccc2)cc1)C1CSCN1. The molecule has 1 unspecified atom stereocenters. The maximum atomic E-state index is 12.0. The number of ether oxygens (including phenoxy) is 1. The van der Waals surface area contributed by atoms with Crippen molar-refractivity contribution < 1.29 is 9.53 Å². The normalized spacial score (nSPS) is 17.4. The van der Waals surface area contributed by atoms with Gasteiger partial charge in [-0.05, 0) is 36.4 Å². The van der Waals surface area contributed by atoms with Crippen LogP contribution in [0.4, 0.5) is 5.69 Å². The molecule has 0 aliphatic carbocycles. The number of nitrogens with one attached hydrogen (secondary N) is 2. The number of amides is 1. The van der Waals surface area contributed by atoms with Crippen LogP contribution in [0.15, 0.2) is 54.6 Å². The lowest BCUT2D eigenvalue weighted by molar-refractivity contribution is -0.117. The first-order valence-electron chi connectivity index (χ1n) is 6.76. The fraction of sp³-hybridized carbons (Fsp3) is 0.188. The molecule has 5 heteroatoms. The van der Waals surface area contributed by atoms with Gasteiger partial charge >= 0.3 is 0 Å². The second kappa shape index (κ2) is 6.65. The standard InChI is InChI=1S/C16H16N2O2S/c19-16(15-10-21-11-17-15)18-12-6-8-14(9-7-12)20-13-4-2-1-3-5-13/h1-9,15,17H,10-11H2,(H,18,19). The van der Waals surface area contributed by atoms with Crippen molar-refractivity contribution in [1.82, 2.24) is 5.32 Å². The molecule has 2 N–H and O–H groups in total. The van der Waals surface area contributed by atoms with Gasteiger partial charge in [-0.2, -0.15) is 0 Å². The van der Waals surface area contributed by atoms with Gasteiger partial charge in [0.2, 0.25) is 5.91 Å². The molecular weight excluding hydrogens is 284 g/mol. The Labute approximate surface area is 127 Å². The summed E-state index contributed by atoms with van der Waals surface area (Å²) in [6, 6.07) is 16.9. The van der Waals surface area contributed by atoms with Crippen molar-refractivity contribution in [2.75, 3.05) is 16.9 Å². The third-order valence-electron chi connectivity index (χ3n) is 3.13. The van der Waals surface area contributed by atoms with Gasteiger partial charge in [-0.3, -0.25) is 10.1 Å². The molecule has 2 aromatic rings. The van der Waals surface area contributed by atoms with E-state index in [4.69, 9.17) is 4.74 Å². The molecular formula is C16H16N2O2S. The Bertz CT molecular complexity index is 595. The van der Waals surface area contributed by atoms with E-state index >= 15 is 0 Å². The highest BCUT2D eigenvalue weighted by molar-refractivity contribution is 7.99. The van der Waals surface area contributed by atoms with Crippen LogP contribution in [0.3, 0.4) is 0 Å². The zero-order chi connectivity index (χ0) is 14.5. The van der Waals surface area contributed by atoms with Crippen LogP contribution in [0.2, 0.25) is 0 Å². The molecule has 108 valence electrons. The number of benzene rings is 2. The van der Waals surface area contributed by atoms with Gasteiger partial charge in [-0.15, -0.1) is 11.8 Å². The summed E-state index contributed by atoms with van der Waals surface area (Å²) in [5.41, 5.74) is 0.777. The first-order chi connectivity index (χ1) is 10.3. The third kappa shape index (κ3) is 3.77. The summed E-state index contributed by atoms with van der Waals surface area (Å²) in [6.45, 7) is 0. The zero-order valence-corrected chi connectivity index (χ0v) is 12.2. The molecule has 0 spiro atoms. The fourth-order valence-electron chi connectivity index (χ4n) is 2.02. The largest absolute Gasteiger partial charge is 0.457 e. The highest BCUT2D eigenvalue weighted by Crippen LogP contribution is 2.22. The van der Waals surface area contributed by atoms with E-state index in [2.05, 4.69) is 10.6 Å². The van der Waals surface area contributed by atoms with Gasteiger partial charge in [0.25, 0.3) is 0 Å². The Kier molecular flexibility index (Phi) is 4.43. The minimum Gasteiger partial charge on any atom is -0.457 e. The molecule has 1 aliphatic rings. The zero-order valence-electron chi connectivity index (χ0n) is 11.4. The molecule has 0 bridgehead atoms. The van der Waals surface area contributed by atoms with Crippen LogP contribution in [0.5, 0.6) is 11.5 Å². The number of hydrogen-bond acceptors (Lipinski definition) is 4. The average Bonchev–Trinajstić information content (AvgIpc) is 3.05. The number of rotatable bonds is 4. The number of thioether (sulfide) groups is 1. The molecule has 1 amide bonds. The lowest BCUT2D eigenvalue weighted by Gasteiger charge is -2.11. The van der Waals surface area contributed by atoms with Crippen molar-refractivity contribution in [1.29, 1.82) is 0 Å². The molecule has 0 saturated carbocycles. The molecule has 1 heterocycles. The van der Waals surface area contributed by atoms with Gasteiger partial charge in [0.1, 0.15) is 11.5 Å². The number of anilines is 1. The van der Waals surface area contributed by atoms with E-state index in [0.717, 1.165) is 28.8 Å². The van der Waals surface area contributed by atoms with Crippen LogP contribution in [-0.4, -0.2) is 23.6 Å². The van der Waals surface area contributed by atoms with Crippen LogP contribution in [0.25, 0.3) is 0 Å². The van der Waals surface area contributed by atoms with Crippen LogP contribution >= 0.6 is 11.8 Å². The van der Waals surface area contributed by atoms with Crippen molar-refractivity contribution in [3.05, 3.63) is 54.6 Å². The molecule has 1 aliphatic heterocycles. The van der Waals surface area contributed by atoms with Crippen molar-refractivity contribution in [2.45, 2.75) is 6.04 Å². The number of hydrogen-bond donors (Lipinski definition) is 2. The Hall–Kier alpha value is -1.98. The predicted molar refractivity (Wildman–Crippen MR) is 85.8 cm³/mol. The first kappa shape index (κ1) is 14.0. The van der Waals surface area contributed by atoms with E-state index in [9.17, 15) is 4.79 Å². The molecule has 21 heavy (non-hydrogen) atoms. The lowest BCUT2D eigenvalue weighted by atomic mass is 10.2. The Morgan fingerprint density at radius 3 is 2.48 bits per heavy atom. The van der Waals surface area contributed by atoms with Gasteiger partial charge in [-0.25, -0.2) is 0 Å². The second-order valence-electron chi connectivity index (χ2n) is 4.70. The van der Waals surface area contributed by atoms with Gasteiger partial charge in [0.15, 0.2) is 0 Å². The van der Waals surface area contributed by atoms with Gasteiger partial charge < -0.3 is 10.1 Å². The Balaban J connectivity index is 1.60. The monoisotopic (exact) mass is 300 g/mol. The van der Waals surface area contributed by atoms with Crippen molar-refractivity contribution in [3.8, 4) is 11.5 Å². The quantitative estimate of drug-likeness (QED) is 0.911. The van der Waals surface area contributed by atoms with E-state index in [1.807, 2.05) is 54.6 Å². The van der Waals surface area contributed by atoms with E-state index in [1.165, 1.54) is 0 Å². The summed E-state index contributed by atoms with van der Waals surface area (Å²) in [4.78, 5) is 12.0. The number of carbonyl (C=O) groups excluding carboxylic acids is 1. The summed E-state index contributed by atoms with van der Waals surface area (Å²) in [7, 11) is 0. The number of para-hydroxylation sites is 1. The molecule has 0 aromatic heterocycles. The van der Waals surface area contributed by atoms with Crippen LogP contribution in [0.1, 0.15) is 0 Å². The van der Waals surface area contributed by atoms with Gasteiger partial charge in [0, 0.05) is 17.3 Å². The number of carbonyl (C=O) groups is 1. The van der Waals surface area contributed by atoms with Crippen molar-refractivity contribution in [3.63, 3.8) is 0 Å². The average molecular weight is 300 g/mol. The topological polar surface area (TPSA) is 50.4 Å². The highest BCUT2D eigenvalue weighted by Gasteiger charge is 2.22. The first-order valence-corrected chi connectivity index (χ1v) is 7.92. The summed E-state index contributed by atoms with van der Waals surface area (Å²) < 4.78 is 5.71. The summed E-state index contributed by atoms with van der Waals surface area (Å²) in [6.07, 6.45) is 0. The predicted octanol–water partition coefficient (Wildman–Crippen LogP) is 3.08. The van der Waals surface area contributed by atoms with Crippen LogP contribution < -0.4 is 15.4 Å². The molecule has 1 saturated heterocycles. The molecule has 2 aromatic carbocycles. The Morgan fingerprint density at radius 1 is 1.10 bits per heavy atom. The minimum absolute atomic E-state index is 0.0109. The second-order valence-corrected chi connectivity index (χ2v) is 5.73. The van der Waals surface area contributed by atoms with Crippen molar-refractivity contribution >= 4 is 23.4 Å². The summed E-state index contributed by atoms with van der Waals surface area (Å²) in [5.74, 6) is 3.20. The van der Waals surface area contributed by atoms with Crippen LogP contribution in [-0.2, 0) is 4.79 Å². The summed E-state index contributed by atoms with van der Waals surface area (Å²) >= 11 is 1.73. The van der Waals surface area contributed by atoms with E-state index in [1.54, 1.807) is 11.8 Å². The van der Waals surface area contributed by atoms with E-state index in [0.29, 0.717) is 0 Å². The minimum atomic E-state index is -0.102. The highest BCUT2D eigenvalue weighted by atomic mass is 32.2. The van der Waals surface area contributed by atoms with Crippen LogP contribution in [0, 0.1) is 0 Å². The fourth-order valence-corrected chi connectivity index (χ4v) is 2.97. The molecule has 3 rings (SSSR count). The van der Waals surface area contributed by atoms with Gasteiger partial charge in [0.05, 0.1) is 6.04 Å². The van der Waals surface area contributed by atoms with Gasteiger partial charge in [-0.1, -0.05) is 18.2 Å².